The Bertz CT molecular complexity index is 400. The molecule has 5 nitrogen and oxygen atoms in total. The molecule has 0 rings (SSSR count). The maximum atomic E-state index is 11.2. The number of allylic oxidation sites excluding steroid dienone is 2. The number of nitrogens with one attached hydrogen (secondary N) is 2. The minimum absolute atomic E-state index is 0.550. The van der Waals surface area contributed by atoms with E-state index in [1.165, 1.54) is 45.6 Å². The fourth-order valence-electron chi connectivity index (χ4n) is 2.37. The number of hydrogen-bond donors (Lipinski definition) is 2. The smallest absolute Gasteiger partial charge is 0.309 e. The Balaban J connectivity index is 3.23. The van der Waals surface area contributed by atoms with Crippen LogP contribution in [0, 0.1) is 11.3 Å². The number of carbonyl (C=O) groups is 2. The van der Waals surface area contributed by atoms with Crippen molar-refractivity contribution in [1.82, 2.24) is 10.6 Å². The van der Waals surface area contributed by atoms with E-state index in [1.54, 1.807) is 0 Å². The number of likely N-dealkylation sites (N-methyl/N-ethyl adjacent to an activating group) is 1. The van der Waals surface area contributed by atoms with E-state index in [-0.39, 0.29) is 0 Å². The third-order valence-corrected chi connectivity index (χ3v) is 3.84. The number of nitriles is 1. The van der Waals surface area contributed by atoms with E-state index in [2.05, 4.69) is 28.9 Å². The Kier molecular flexibility index (Phi) is 16.2. The number of carbonyl (C=O) groups excluding carboxylic acids is 2. The minimum Gasteiger partial charge on any atom is -0.351 e. The summed E-state index contributed by atoms with van der Waals surface area (Å²) >= 11 is 0. The van der Waals surface area contributed by atoms with E-state index >= 15 is 0 Å². The predicted molar refractivity (Wildman–Crippen MR) is 97.2 cm³/mol. The zero-order valence-electron chi connectivity index (χ0n) is 15.1. The Morgan fingerprint density at radius 2 is 1.38 bits per heavy atom. The van der Waals surface area contributed by atoms with Crippen molar-refractivity contribution in [2.75, 3.05) is 13.6 Å². The molecule has 136 valence electrons. The van der Waals surface area contributed by atoms with Gasteiger partial charge in [-0.05, 0) is 38.5 Å². The van der Waals surface area contributed by atoms with Gasteiger partial charge in [-0.2, -0.15) is 5.26 Å². The molecule has 0 aromatic carbocycles. The van der Waals surface area contributed by atoms with Crippen molar-refractivity contribution in [2.24, 2.45) is 0 Å². The van der Waals surface area contributed by atoms with Crippen LogP contribution in [0.5, 0.6) is 0 Å². The molecule has 0 aliphatic carbocycles. The van der Waals surface area contributed by atoms with Crippen LogP contribution in [-0.4, -0.2) is 25.4 Å². The van der Waals surface area contributed by atoms with Crippen molar-refractivity contribution in [1.29, 1.82) is 5.26 Å². The molecule has 0 unspecified atom stereocenters. The van der Waals surface area contributed by atoms with Gasteiger partial charge >= 0.3 is 11.8 Å². The first-order valence-electron chi connectivity index (χ1n) is 9.24. The zero-order chi connectivity index (χ0) is 17.9. The van der Waals surface area contributed by atoms with Crippen LogP contribution in [0.4, 0.5) is 0 Å². The Morgan fingerprint density at radius 3 is 1.96 bits per heavy atom. The van der Waals surface area contributed by atoms with Crippen LogP contribution in [0.15, 0.2) is 12.2 Å². The highest BCUT2D eigenvalue weighted by atomic mass is 16.2. The van der Waals surface area contributed by atoms with E-state index in [9.17, 15) is 9.59 Å². The van der Waals surface area contributed by atoms with Crippen LogP contribution in [0.25, 0.3) is 0 Å². The third kappa shape index (κ3) is 15.1. The van der Waals surface area contributed by atoms with Gasteiger partial charge in [-0.1, -0.05) is 44.3 Å². The van der Waals surface area contributed by atoms with Gasteiger partial charge in [0, 0.05) is 20.0 Å². The lowest BCUT2D eigenvalue weighted by Crippen LogP contribution is -2.38. The molecule has 0 saturated carbocycles. The second kappa shape index (κ2) is 17.5. The highest BCUT2D eigenvalue weighted by molar-refractivity contribution is 6.34. The molecule has 0 bridgehead atoms. The molecule has 0 aliphatic heterocycles. The normalized spacial score (nSPS) is 10.5. The zero-order valence-corrected chi connectivity index (χ0v) is 15.1. The lowest BCUT2D eigenvalue weighted by Gasteiger charge is -2.02. The van der Waals surface area contributed by atoms with Gasteiger partial charge in [0.15, 0.2) is 0 Å². The minimum atomic E-state index is -0.586. The number of amides is 2. The largest absolute Gasteiger partial charge is 0.351 e. The predicted octanol–water partition coefficient (Wildman–Crippen LogP) is 3.61. The quantitative estimate of drug-likeness (QED) is 0.289. The molecule has 2 amide bonds. The van der Waals surface area contributed by atoms with Crippen LogP contribution in [0.2, 0.25) is 0 Å². The van der Waals surface area contributed by atoms with E-state index in [0.717, 1.165) is 32.1 Å². The van der Waals surface area contributed by atoms with Gasteiger partial charge in [-0.3, -0.25) is 9.59 Å². The summed E-state index contributed by atoms with van der Waals surface area (Å²) in [6, 6.07) is 2.18. The average Bonchev–Trinajstić information content (AvgIpc) is 2.60. The van der Waals surface area contributed by atoms with Crippen LogP contribution in [0.1, 0.15) is 77.0 Å². The molecule has 0 heterocycles. The van der Waals surface area contributed by atoms with Gasteiger partial charge in [-0.15, -0.1) is 0 Å². The molecule has 24 heavy (non-hydrogen) atoms. The van der Waals surface area contributed by atoms with Crippen molar-refractivity contribution in [3.05, 3.63) is 12.2 Å². The maximum absolute atomic E-state index is 11.2. The topological polar surface area (TPSA) is 82.0 Å². The lowest BCUT2D eigenvalue weighted by atomic mass is 10.1. The summed E-state index contributed by atoms with van der Waals surface area (Å²) in [6.45, 7) is 0.550. The molecule has 0 radical (unpaired) electrons. The number of unbranched alkanes of at least 4 members (excludes halogenated alkanes) is 10. The molecular weight excluding hydrogens is 302 g/mol. The van der Waals surface area contributed by atoms with Crippen molar-refractivity contribution in [2.45, 2.75) is 77.0 Å². The standard InChI is InChI=1S/C19H33N3O2/c1-21-18(23)19(24)22-17-15-13-11-9-7-5-3-2-4-6-8-10-12-14-16-20/h7,9H,2-6,8,10-15,17H2,1H3,(H,21,23)(H,22,24)/b9-7-. The Labute approximate surface area is 146 Å². The molecule has 0 spiro atoms. The molecule has 0 aliphatic rings. The fraction of sp³-hybridized carbons (Fsp3) is 0.737. The lowest BCUT2D eigenvalue weighted by molar-refractivity contribution is -0.138. The van der Waals surface area contributed by atoms with Gasteiger partial charge in [0.25, 0.3) is 0 Å². The van der Waals surface area contributed by atoms with Crippen LogP contribution in [-0.2, 0) is 9.59 Å². The van der Waals surface area contributed by atoms with Crippen molar-refractivity contribution < 1.29 is 9.59 Å². The molecule has 0 atom stereocenters. The maximum Gasteiger partial charge on any atom is 0.309 e. The van der Waals surface area contributed by atoms with E-state index < -0.39 is 11.8 Å². The van der Waals surface area contributed by atoms with Gasteiger partial charge in [0.05, 0.1) is 6.07 Å². The summed E-state index contributed by atoms with van der Waals surface area (Å²) in [6.07, 6.45) is 17.8. The van der Waals surface area contributed by atoms with Gasteiger partial charge < -0.3 is 10.6 Å². The van der Waals surface area contributed by atoms with Crippen molar-refractivity contribution in [3.63, 3.8) is 0 Å². The first kappa shape index (κ1) is 22.2. The van der Waals surface area contributed by atoms with E-state index in [4.69, 9.17) is 5.26 Å². The monoisotopic (exact) mass is 335 g/mol. The molecule has 0 aromatic rings. The molecule has 0 saturated heterocycles. The molecule has 2 N–H and O–H groups in total. The van der Waals surface area contributed by atoms with E-state index in [1.807, 2.05) is 0 Å². The van der Waals surface area contributed by atoms with Gasteiger partial charge in [0.2, 0.25) is 0 Å². The fourth-order valence-corrected chi connectivity index (χ4v) is 2.37. The number of rotatable bonds is 14. The average molecular weight is 335 g/mol. The molecule has 5 heteroatoms. The first-order chi connectivity index (χ1) is 11.7. The molecule has 0 fully saturated rings. The van der Waals surface area contributed by atoms with Crippen LogP contribution >= 0.6 is 0 Å². The van der Waals surface area contributed by atoms with Crippen LogP contribution in [0.3, 0.4) is 0 Å². The Morgan fingerprint density at radius 1 is 0.833 bits per heavy atom. The summed E-state index contributed by atoms with van der Waals surface area (Å²) < 4.78 is 0. The highest BCUT2D eigenvalue weighted by Crippen LogP contribution is 2.10. The summed E-state index contributed by atoms with van der Waals surface area (Å²) in [5.41, 5.74) is 0. The van der Waals surface area contributed by atoms with Gasteiger partial charge in [0.1, 0.15) is 0 Å². The van der Waals surface area contributed by atoms with Gasteiger partial charge in [-0.25, -0.2) is 0 Å². The van der Waals surface area contributed by atoms with Crippen molar-refractivity contribution in [3.8, 4) is 6.07 Å². The first-order valence-corrected chi connectivity index (χ1v) is 9.24. The Hall–Kier alpha value is -1.83. The molecule has 0 aromatic heterocycles. The summed E-state index contributed by atoms with van der Waals surface area (Å²) in [4.78, 5) is 22.1. The highest BCUT2D eigenvalue weighted by Gasteiger charge is 2.08. The third-order valence-electron chi connectivity index (χ3n) is 3.84. The van der Waals surface area contributed by atoms with E-state index in [0.29, 0.717) is 13.0 Å². The summed E-state index contributed by atoms with van der Waals surface area (Å²) in [5, 5.41) is 13.3. The van der Waals surface area contributed by atoms with Crippen molar-refractivity contribution >= 4 is 11.8 Å². The summed E-state index contributed by atoms with van der Waals surface area (Å²) in [7, 11) is 1.45. The second-order valence-corrected chi connectivity index (χ2v) is 5.97. The van der Waals surface area contributed by atoms with Crippen LogP contribution < -0.4 is 10.6 Å². The number of nitrogens with zero attached hydrogens (tertiary/aromatic N) is 1. The summed E-state index contributed by atoms with van der Waals surface area (Å²) in [5.74, 6) is -1.14. The number of hydrogen-bond acceptors (Lipinski definition) is 3. The SMILES string of the molecule is CNC(=O)C(=O)NCCCC/C=C\CCCCCCCCCC#N. The molecular formula is C19H33N3O2. The second-order valence-electron chi connectivity index (χ2n) is 5.97.